The van der Waals surface area contributed by atoms with Gasteiger partial charge in [-0.3, -0.25) is 9.52 Å². The van der Waals surface area contributed by atoms with Crippen LogP contribution in [0.3, 0.4) is 0 Å². The molecule has 2 rings (SSSR count). The van der Waals surface area contributed by atoms with Crippen LogP contribution >= 0.6 is 0 Å². The molecule has 2 N–H and O–H groups in total. The number of carbonyl (C=O) groups is 1. The van der Waals surface area contributed by atoms with E-state index in [9.17, 15) is 13.2 Å². The highest BCUT2D eigenvalue weighted by atomic mass is 32.2. The molecule has 0 radical (unpaired) electrons. The first-order valence-corrected chi connectivity index (χ1v) is 8.72. The van der Waals surface area contributed by atoms with E-state index in [1.54, 1.807) is 49.4 Å². The largest absolute Gasteiger partial charge is 0.495 e. The summed E-state index contributed by atoms with van der Waals surface area (Å²) in [5.41, 5.74) is 1.84. The summed E-state index contributed by atoms with van der Waals surface area (Å²) in [4.78, 5) is 12.5. The number of para-hydroxylation sites is 2. The zero-order valence-corrected chi connectivity index (χ0v) is 13.9. The summed E-state index contributed by atoms with van der Waals surface area (Å²) in [5.74, 6) is 0.202. The van der Waals surface area contributed by atoms with Crippen LogP contribution in [-0.4, -0.2) is 27.7 Å². The number of hydrogen-bond donors (Lipinski definition) is 2. The Morgan fingerprint density at radius 2 is 1.70 bits per heavy atom. The first-order valence-electron chi connectivity index (χ1n) is 6.83. The molecule has 0 aromatic heterocycles. The van der Waals surface area contributed by atoms with E-state index in [1.165, 1.54) is 7.11 Å². The number of methoxy groups -OCH3 is 1. The molecular weight excluding hydrogens is 316 g/mol. The lowest BCUT2D eigenvalue weighted by Gasteiger charge is -2.13. The minimum atomic E-state index is -3.41. The number of amides is 1. The Labute approximate surface area is 135 Å². The first-order chi connectivity index (χ1) is 10.8. The molecular formula is C16H18N2O4S. The number of anilines is 2. The van der Waals surface area contributed by atoms with E-state index in [0.717, 1.165) is 6.26 Å². The normalized spacial score (nSPS) is 10.9. The van der Waals surface area contributed by atoms with E-state index in [1.807, 2.05) is 0 Å². The van der Waals surface area contributed by atoms with E-state index in [0.29, 0.717) is 28.3 Å². The maximum absolute atomic E-state index is 12.5. The summed E-state index contributed by atoms with van der Waals surface area (Å²) in [6.07, 6.45) is 1.06. The second-order valence-corrected chi connectivity index (χ2v) is 6.76. The molecule has 0 saturated heterocycles. The molecule has 1 amide bonds. The van der Waals surface area contributed by atoms with E-state index < -0.39 is 10.0 Å². The molecule has 0 aliphatic heterocycles. The molecule has 0 saturated carbocycles. The molecule has 122 valence electrons. The van der Waals surface area contributed by atoms with Crippen molar-refractivity contribution in [1.82, 2.24) is 0 Å². The first kappa shape index (κ1) is 16.8. The minimum Gasteiger partial charge on any atom is -0.495 e. The fourth-order valence-corrected chi connectivity index (χ4v) is 2.75. The van der Waals surface area contributed by atoms with Crippen LogP contribution in [-0.2, 0) is 10.0 Å². The van der Waals surface area contributed by atoms with Gasteiger partial charge in [-0.1, -0.05) is 18.2 Å². The van der Waals surface area contributed by atoms with Gasteiger partial charge >= 0.3 is 0 Å². The predicted octanol–water partition coefficient (Wildman–Crippen LogP) is 2.63. The average Bonchev–Trinajstić information content (AvgIpc) is 2.48. The van der Waals surface area contributed by atoms with Gasteiger partial charge in [-0.2, -0.15) is 0 Å². The highest BCUT2D eigenvalue weighted by molar-refractivity contribution is 7.92. The molecule has 0 atom stereocenters. The Bertz CT molecular complexity index is 832. The van der Waals surface area contributed by atoms with Crippen LogP contribution in [0.25, 0.3) is 0 Å². The molecule has 0 spiro atoms. The summed E-state index contributed by atoms with van der Waals surface area (Å²) in [6, 6.07) is 11.9. The Morgan fingerprint density at radius 1 is 1.04 bits per heavy atom. The molecule has 0 bridgehead atoms. The van der Waals surface area contributed by atoms with Crippen LogP contribution < -0.4 is 14.8 Å². The lowest BCUT2D eigenvalue weighted by atomic mass is 10.1. The summed E-state index contributed by atoms with van der Waals surface area (Å²) < 4.78 is 30.4. The third kappa shape index (κ3) is 4.23. The SMILES string of the molecule is COc1ccccc1NC(=O)c1cccc(NS(C)(=O)=O)c1C. The van der Waals surface area contributed by atoms with E-state index in [-0.39, 0.29) is 5.91 Å². The van der Waals surface area contributed by atoms with Crippen molar-refractivity contribution in [3.63, 3.8) is 0 Å². The Morgan fingerprint density at radius 3 is 2.35 bits per heavy atom. The van der Waals surface area contributed by atoms with Gasteiger partial charge in [0.2, 0.25) is 10.0 Å². The van der Waals surface area contributed by atoms with Gasteiger partial charge in [0.15, 0.2) is 0 Å². The van der Waals surface area contributed by atoms with Gasteiger partial charge in [-0.05, 0) is 36.8 Å². The van der Waals surface area contributed by atoms with Crippen LogP contribution in [0.5, 0.6) is 5.75 Å². The Kier molecular flexibility index (Phi) is 4.90. The van der Waals surface area contributed by atoms with Crippen LogP contribution in [0.1, 0.15) is 15.9 Å². The highest BCUT2D eigenvalue weighted by Crippen LogP contribution is 2.25. The van der Waals surface area contributed by atoms with Gasteiger partial charge in [0.25, 0.3) is 5.91 Å². The Hall–Kier alpha value is -2.54. The van der Waals surface area contributed by atoms with Crippen molar-refractivity contribution >= 4 is 27.3 Å². The number of nitrogens with one attached hydrogen (secondary N) is 2. The molecule has 0 heterocycles. The van der Waals surface area contributed by atoms with Crippen molar-refractivity contribution in [2.24, 2.45) is 0 Å². The summed E-state index contributed by atoms with van der Waals surface area (Å²) in [5, 5.41) is 2.77. The monoisotopic (exact) mass is 334 g/mol. The molecule has 0 aliphatic rings. The zero-order chi connectivity index (χ0) is 17.0. The van der Waals surface area contributed by atoms with Crippen molar-refractivity contribution in [2.75, 3.05) is 23.4 Å². The lowest BCUT2D eigenvalue weighted by Crippen LogP contribution is -2.16. The fraction of sp³-hybridized carbons (Fsp3) is 0.188. The van der Waals surface area contributed by atoms with Gasteiger partial charge in [0, 0.05) is 5.56 Å². The molecule has 0 aliphatic carbocycles. The lowest BCUT2D eigenvalue weighted by molar-refractivity contribution is 0.102. The second-order valence-electron chi connectivity index (χ2n) is 5.01. The Balaban J connectivity index is 2.31. The summed E-state index contributed by atoms with van der Waals surface area (Å²) in [6.45, 7) is 1.69. The number of sulfonamides is 1. The van der Waals surface area contributed by atoms with Gasteiger partial charge in [-0.15, -0.1) is 0 Å². The van der Waals surface area contributed by atoms with Crippen molar-refractivity contribution in [2.45, 2.75) is 6.92 Å². The van der Waals surface area contributed by atoms with Gasteiger partial charge < -0.3 is 10.1 Å². The smallest absolute Gasteiger partial charge is 0.256 e. The third-order valence-electron chi connectivity index (χ3n) is 3.23. The third-order valence-corrected chi connectivity index (χ3v) is 3.82. The second kappa shape index (κ2) is 6.70. The highest BCUT2D eigenvalue weighted by Gasteiger charge is 2.15. The van der Waals surface area contributed by atoms with Crippen molar-refractivity contribution in [3.8, 4) is 5.75 Å². The quantitative estimate of drug-likeness (QED) is 0.880. The van der Waals surface area contributed by atoms with Crippen molar-refractivity contribution < 1.29 is 17.9 Å². The van der Waals surface area contributed by atoms with Crippen molar-refractivity contribution in [1.29, 1.82) is 0 Å². The summed E-state index contributed by atoms with van der Waals surface area (Å²) in [7, 11) is -1.89. The number of hydrogen-bond acceptors (Lipinski definition) is 4. The van der Waals surface area contributed by atoms with Gasteiger partial charge in [0.1, 0.15) is 5.75 Å². The predicted molar refractivity (Wildman–Crippen MR) is 90.6 cm³/mol. The number of ether oxygens (including phenoxy) is 1. The molecule has 6 nitrogen and oxygen atoms in total. The molecule has 23 heavy (non-hydrogen) atoms. The maximum atomic E-state index is 12.5. The van der Waals surface area contributed by atoms with Crippen LogP contribution in [0.4, 0.5) is 11.4 Å². The molecule has 2 aromatic rings. The van der Waals surface area contributed by atoms with Crippen LogP contribution in [0.2, 0.25) is 0 Å². The van der Waals surface area contributed by atoms with Gasteiger partial charge in [-0.25, -0.2) is 8.42 Å². The number of carbonyl (C=O) groups excluding carboxylic acids is 1. The van der Waals surface area contributed by atoms with E-state index in [4.69, 9.17) is 4.74 Å². The topological polar surface area (TPSA) is 84.5 Å². The van der Waals surface area contributed by atoms with Crippen LogP contribution in [0, 0.1) is 6.92 Å². The zero-order valence-electron chi connectivity index (χ0n) is 13.1. The molecule has 7 heteroatoms. The fourth-order valence-electron chi connectivity index (χ4n) is 2.13. The molecule has 0 unspecified atom stereocenters. The molecule has 0 fully saturated rings. The number of benzene rings is 2. The maximum Gasteiger partial charge on any atom is 0.256 e. The van der Waals surface area contributed by atoms with Crippen molar-refractivity contribution in [3.05, 3.63) is 53.6 Å². The van der Waals surface area contributed by atoms with E-state index in [2.05, 4.69) is 10.0 Å². The minimum absolute atomic E-state index is 0.343. The standard InChI is InChI=1S/C16H18N2O4S/c1-11-12(7-6-9-13(11)18-23(3,20)21)16(19)17-14-8-4-5-10-15(14)22-2/h4-10,18H,1-3H3,(H,17,19). The van der Waals surface area contributed by atoms with E-state index >= 15 is 0 Å². The average molecular weight is 334 g/mol. The summed E-state index contributed by atoms with van der Waals surface area (Å²) >= 11 is 0. The van der Waals surface area contributed by atoms with Crippen LogP contribution in [0.15, 0.2) is 42.5 Å². The van der Waals surface area contributed by atoms with Gasteiger partial charge in [0.05, 0.1) is 24.7 Å². The number of rotatable bonds is 5. The molecule has 2 aromatic carbocycles.